The zero-order chi connectivity index (χ0) is 11.4. The summed E-state index contributed by atoms with van der Waals surface area (Å²) >= 11 is 1.50. The van der Waals surface area contributed by atoms with E-state index in [1.807, 2.05) is 18.2 Å². The van der Waals surface area contributed by atoms with Gasteiger partial charge < -0.3 is 10.2 Å². The minimum atomic E-state index is 0.268. The third kappa shape index (κ3) is 2.35. The maximum Gasteiger partial charge on any atom is 0.164 e. The summed E-state index contributed by atoms with van der Waals surface area (Å²) in [6.07, 6.45) is 1.63. The number of thioether (sulfide) groups is 1. The van der Waals surface area contributed by atoms with Crippen LogP contribution in [0.3, 0.4) is 0 Å². The van der Waals surface area contributed by atoms with Crippen molar-refractivity contribution in [3.05, 3.63) is 42.0 Å². The van der Waals surface area contributed by atoms with Crippen LogP contribution in [0.4, 0.5) is 5.69 Å². The van der Waals surface area contributed by atoms with Crippen molar-refractivity contribution >= 4 is 17.4 Å². The first-order chi connectivity index (χ1) is 7.79. The zero-order valence-corrected chi connectivity index (χ0v) is 9.20. The fourth-order valence-electron chi connectivity index (χ4n) is 1.16. The van der Waals surface area contributed by atoms with E-state index >= 15 is 0 Å². The Hall–Kier alpha value is -1.93. The topological polar surface area (TPSA) is 75.8 Å². The number of hydrogen-bond donors (Lipinski definition) is 1. The van der Waals surface area contributed by atoms with Crippen LogP contribution < -0.4 is 5.73 Å². The van der Waals surface area contributed by atoms with Gasteiger partial charge in [0.1, 0.15) is 11.8 Å². The molecule has 0 fully saturated rings. The van der Waals surface area contributed by atoms with Gasteiger partial charge in [0.05, 0.1) is 22.7 Å². The molecule has 2 rings (SSSR count). The van der Waals surface area contributed by atoms with Crippen molar-refractivity contribution in [2.45, 2.75) is 10.8 Å². The second-order valence-corrected chi connectivity index (χ2v) is 4.06. The highest BCUT2D eigenvalue weighted by Gasteiger charge is 2.04. The smallest absolute Gasteiger partial charge is 0.164 e. The van der Waals surface area contributed by atoms with Crippen molar-refractivity contribution in [2.75, 3.05) is 5.73 Å². The van der Waals surface area contributed by atoms with E-state index in [0.29, 0.717) is 11.4 Å². The van der Waals surface area contributed by atoms with Crippen LogP contribution in [0.5, 0.6) is 0 Å². The van der Waals surface area contributed by atoms with Crippen molar-refractivity contribution < 1.29 is 4.42 Å². The summed E-state index contributed by atoms with van der Waals surface area (Å²) < 4.78 is 5.20. The highest BCUT2D eigenvalue weighted by Crippen LogP contribution is 2.22. The highest BCUT2D eigenvalue weighted by molar-refractivity contribution is 7.98. The summed E-state index contributed by atoms with van der Waals surface area (Å²) in [7, 11) is 0. The number of pyridine rings is 1. The molecule has 0 aliphatic rings. The molecular weight excluding hydrogens is 222 g/mol. The van der Waals surface area contributed by atoms with Gasteiger partial charge in [-0.15, -0.1) is 0 Å². The van der Waals surface area contributed by atoms with Crippen LogP contribution in [0.2, 0.25) is 0 Å². The Labute approximate surface area is 97.1 Å². The Balaban J connectivity index is 2.08. The van der Waals surface area contributed by atoms with E-state index < -0.39 is 0 Å². The fourth-order valence-corrected chi connectivity index (χ4v) is 1.94. The summed E-state index contributed by atoms with van der Waals surface area (Å²) in [6.45, 7) is 0. The van der Waals surface area contributed by atoms with Gasteiger partial charge in [-0.1, -0.05) is 11.8 Å². The first-order valence-electron chi connectivity index (χ1n) is 4.61. The van der Waals surface area contributed by atoms with Gasteiger partial charge in [0, 0.05) is 0 Å². The molecular formula is C11H9N3OS. The molecule has 0 aromatic carbocycles. The summed E-state index contributed by atoms with van der Waals surface area (Å²) in [4.78, 5) is 4.13. The predicted molar refractivity (Wildman–Crippen MR) is 61.6 cm³/mol. The maximum absolute atomic E-state index is 8.77. The molecule has 16 heavy (non-hydrogen) atoms. The molecule has 0 saturated carbocycles. The largest absolute Gasteiger partial charge is 0.468 e. The minimum Gasteiger partial charge on any atom is -0.468 e. The van der Waals surface area contributed by atoms with E-state index in [-0.39, 0.29) is 5.69 Å². The summed E-state index contributed by atoms with van der Waals surface area (Å²) in [5.41, 5.74) is 6.25. The predicted octanol–water partition coefficient (Wildman–Crippen LogP) is 2.42. The number of nitrogens with two attached hydrogens (primary N) is 1. The summed E-state index contributed by atoms with van der Waals surface area (Å²) in [6, 6.07) is 9.18. The Bertz CT molecular complexity index is 517. The molecule has 0 radical (unpaired) electrons. The molecule has 0 saturated heterocycles. The number of aromatic nitrogens is 1. The lowest BCUT2D eigenvalue weighted by atomic mass is 10.3. The number of nitriles is 1. The highest BCUT2D eigenvalue weighted by atomic mass is 32.2. The van der Waals surface area contributed by atoms with Gasteiger partial charge in [-0.25, -0.2) is 4.98 Å². The molecule has 0 aliphatic carbocycles. The van der Waals surface area contributed by atoms with Gasteiger partial charge in [0.25, 0.3) is 0 Å². The maximum atomic E-state index is 8.77. The number of nitrogen functional groups attached to an aromatic ring is 1. The molecule has 2 aromatic rings. The van der Waals surface area contributed by atoms with Crippen LogP contribution in [0.1, 0.15) is 11.5 Å². The van der Waals surface area contributed by atoms with E-state index in [2.05, 4.69) is 4.98 Å². The van der Waals surface area contributed by atoms with Crippen LogP contribution in [-0.2, 0) is 5.75 Å². The minimum absolute atomic E-state index is 0.268. The number of furan rings is 1. The van der Waals surface area contributed by atoms with Gasteiger partial charge in [0.15, 0.2) is 5.69 Å². The number of nitrogens with zero attached hydrogens (tertiary/aromatic N) is 2. The quantitative estimate of drug-likeness (QED) is 0.821. The molecule has 2 N–H and O–H groups in total. The lowest BCUT2D eigenvalue weighted by molar-refractivity contribution is 0.530. The molecule has 0 aliphatic heterocycles. The molecule has 0 spiro atoms. The molecule has 5 heteroatoms. The lowest BCUT2D eigenvalue weighted by Crippen LogP contribution is -1.94. The summed E-state index contributed by atoms with van der Waals surface area (Å²) in [5.74, 6) is 1.57. The van der Waals surface area contributed by atoms with Crippen LogP contribution in [0, 0.1) is 11.3 Å². The molecule has 4 nitrogen and oxygen atoms in total. The third-order valence-electron chi connectivity index (χ3n) is 1.95. The average Bonchev–Trinajstić information content (AvgIpc) is 2.81. The van der Waals surface area contributed by atoms with Gasteiger partial charge >= 0.3 is 0 Å². The van der Waals surface area contributed by atoms with E-state index in [9.17, 15) is 0 Å². The zero-order valence-electron chi connectivity index (χ0n) is 8.38. The second-order valence-electron chi connectivity index (χ2n) is 3.07. The van der Waals surface area contributed by atoms with E-state index in [0.717, 1.165) is 10.8 Å². The molecule has 0 unspecified atom stereocenters. The normalized spacial score (nSPS) is 9.94. The Morgan fingerprint density at radius 2 is 2.31 bits per heavy atom. The Morgan fingerprint density at radius 3 is 3.00 bits per heavy atom. The van der Waals surface area contributed by atoms with E-state index in [1.165, 1.54) is 11.8 Å². The monoisotopic (exact) mass is 231 g/mol. The fraction of sp³-hybridized carbons (Fsp3) is 0.0909. The van der Waals surface area contributed by atoms with Gasteiger partial charge in [0.2, 0.25) is 0 Å². The first kappa shape index (κ1) is 10.6. The average molecular weight is 231 g/mol. The molecule has 0 bridgehead atoms. The van der Waals surface area contributed by atoms with Crippen molar-refractivity contribution in [1.29, 1.82) is 5.26 Å². The molecule has 2 aromatic heterocycles. The van der Waals surface area contributed by atoms with Gasteiger partial charge in [-0.2, -0.15) is 5.26 Å². The number of rotatable bonds is 3. The third-order valence-corrected chi connectivity index (χ3v) is 2.90. The van der Waals surface area contributed by atoms with Crippen molar-refractivity contribution in [3.63, 3.8) is 0 Å². The first-order valence-corrected chi connectivity index (χ1v) is 5.60. The van der Waals surface area contributed by atoms with Crippen LogP contribution >= 0.6 is 11.8 Å². The van der Waals surface area contributed by atoms with Gasteiger partial charge in [-0.05, 0) is 24.3 Å². The van der Waals surface area contributed by atoms with Crippen molar-refractivity contribution in [3.8, 4) is 6.07 Å². The van der Waals surface area contributed by atoms with Gasteiger partial charge in [-0.3, -0.25) is 0 Å². The number of hydrogen-bond acceptors (Lipinski definition) is 5. The Morgan fingerprint density at radius 1 is 1.44 bits per heavy atom. The molecule has 0 atom stereocenters. The molecule has 2 heterocycles. The van der Waals surface area contributed by atoms with Crippen LogP contribution in [0.15, 0.2) is 40.0 Å². The van der Waals surface area contributed by atoms with E-state index in [1.54, 1.807) is 18.4 Å². The Kier molecular flexibility index (Phi) is 3.13. The van der Waals surface area contributed by atoms with Crippen molar-refractivity contribution in [2.24, 2.45) is 0 Å². The second kappa shape index (κ2) is 4.73. The lowest BCUT2D eigenvalue weighted by Gasteiger charge is -2.01. The number of anilines is 1. The summed E-state index contributed by atoms with van der Waals surface area (Å²) in [5, 5.41) is 9.54. The molecule has 80 valence electrons. The van der Waals surface area contributed by atoms with Crippen LogP contribution in [0.25, 0.3) is 0 Å². The standard InChI is InChI=1S/C11H9N3OS/c12-6-10-9(13)3-4-11(14-10)16-7-8-2-1-5-15-8/h1-5H,7,13H2. The van der Waals surface area contributed by atoms with E-state index in [4.69, 9.17) is 15.4 Å². The van der Waals surface area contributed by atoms with Crippen LogP contribution in [-0.4, -0.2) is 4.98 Å². The molecule has 0 amide bonds. The SMILES string of the molecule is N#Cc1nc(SCc2ccco2)ccc1N. The van der Waals surface area contributed by atoms with Crippen molar-refractivity contribution in [1.82, 2.24) is 4.98 Å².